The van der Waals surface area contributed by atoms with Gasteiger partial charge in [0.2, 0.25) is 0 Å². The van der Waals surface area contributed by atoms with Crippen LogP contribution in [0.5, 0.6) is 0 Å². The number of rotatable bonds is 6. The maximum absolute atomic E-state index is 12.8. The maximum atomic E-state index is 12.8. The van der Waals surface area contributed by atoms with Gasteiger partial charge in [-0.25, -0.2) is 5.43 Å². The van der Waals surface area contributed by atoms with Gasteiger partial charge in [0.15, 0.2) is 5.76 Å². The molecule has 0 saturated carbocycles. The summed E-state index contributed by atoms with van der Waals surface area (Å²) in [5.74, 6) is -0.213. The number of carbonyl (C=O) groups excluding carboxylic acids is 1. The van der Waals surface area contributed by atoms with Crippen LogP contribution in [0.4, 0.5) is 0 Å². The van der Waals surface area contributed by atoms with E-state index in [9.17, 15) is 4.79 Å². The fourth-order valence-corrected chi connectivity index (χ4v) is 4.63. The number of para-hydroxylation sites is 1. The lowest BCUT2D eigenvalue weighted by Gasteiger charge is -2.15. The summed E-state index contributed by atoms with van der Waals surface area (Å²) < 4.78 is 7.86. The number of nitrogens with one attached hydrogen (secondary N) is 1. The zero-order valence-corrected chi connectivity index (χ0v) is 21.0. The summed E-state index contributed by atoms with van der Waals surface area (Å²) in [5.41, 5.74) is 9.04. The van der Waals surface area contributed by atoms with E-state index in [0.717, 1.165) is 39.2 Å². The second-order valence-electron chi connectivity index (χ2n) is 8.73. The van der Waals surface area contributed by atoms with Gasteiger partial charge in [0, 0.05) is 21.7 Å². The Morgan fingerprint density at radius 2 is 1.45 bits per heavy atom. The van der Waals surface area contributed by atoms with Gasteiger partial charge in [0.25, 0.3) is 0 Å². The molecular formula is C32H22ClN3O2. The SMILES string of the molecule is O=C(N/N=C\c1cc(-c2ccccc2)n(-c2ccc(Cl)cc2)c1-c1ccccc1)c1cc2ccccc2o1. The first-order valence-electron chi connectivity index (χ1n) is 12.1. The summed E-state index contributed by atoms with van der Waals surface area (Å²) in [5, 5.41) is 5.84. The van der Waals surface area contributed by atoms with Crippen molar-refractivity contribution in [1.82, 2.24) is 9.99 Å². The Hall–Kier alpha value is -4.87. The van der Waals surface area contributed by atoms with E-state index in [1.165, 1.54) is 0 Å². The van der Waals surface area contributed by atoms with E-state index < -0.39 is 5.91 Å². The van der Waals surface area contributed by atoms with Gasteiger partial charge >= 0.3 is 5.91 Å². The molecule has 0 aliphatic heterocycles. The van der Waals surface area contributed by atoms with Crippen LogP contribution in [0.3, 0.4) is 0 Å². The van der Waals surface area contributed by atoms with Gasteiger partial charge in [0.1, 0.15) is 5.58 Å². The molecule has 6 heteroatoms. The molecule has 1 amide bonds. The summed E-state index contributed by atoms with van der Waals surface area (Å²) in [4.78, 5) is 12.8. The van der Waals surface area contributed by atoms with E-state index in [0.29, 0.717) is 10.6 Å². The van der Waals surface area contributed by atoms with Crippen molar-refractivity contribution in [1.29, 1.82) is 0 Å². The van der Waals surface area contributed by atoms with Crippen LogP contribution >= 0.6 is 11.6 Å². The Kier molecular flexibility index (Phi) is 6.34. The summed E-state index contributed by atoms with van der Waals surface area (Å²) in [6, 6.07) is 39.3. The van der Waals surface area contributed by atoms with Crippen molar-refractivity contribution in [2.75, 3.05) is 0 Å². The number of aromatic nitrogens is 1. The number of amides is 1. The highest BCUT2D eigenvalue weighted by molar-refractivity contribution is 6.30. The largest absolute Gasteiger partial charge is 0.451 e. The molecule has 1 N–H and O–H groups in total. The van der Waals surface area contributed by atoms with Gasteiger partial charge in [-0.3, -0.25) is 4.79 Å². The molecule has 0 fully saturated rings. The summed E-state index contributed by atoms with van der Waals surface area (Å²) in [6.45, 7) is 0. The number of furan rings is 1. The standard InChI is InChI=1S/C32H22ClN3O2/c33-26-15-17-27(18-16-26)36-28(22-9-3-1-4-10-22)19-25(31(36)23-11-5-2-6-12-23)21-34-35-32(37)30-20-24-13-7-8-14-29(24)38-30/h1-21H,(H,35,37)/b34-21-. The fourth-order valence-electron chi connectivity index (χ4n) is 4.51. The predicted octanol–water partition coefficient (Wildman–Crippen LogP) is 7.97. The number of hydrazone groups is 1. The van der Waals surface area contributed by atoms with Gasteiger partial charge in [0.05, 0.1) is 17.6 Å². The van der Waals surface area contributed by atoms with E-state index in [1.54, 1.807) is 12.3 Å². The minimum absolute atomic E-state index is 0.204. The molecule has 6 aromatic rings. The first-order chi connectivity index (χ1) is 18.7. The van der Waals surface area contributed by atoms with Gasteiger partial charge in [-0.1, -0.05) is 90.5 Å². The lowest BCUT2D eigenvalue weighted by molar-refractivity contribution is 0.0929. The van der Waals surface area contributed by atoms with Gasteiger partial charge in [-0.2, -0.15) is 5.10 Å². The molecule has 4 aromatic carbocycles. The molecule has 0 atom stereocenters. The number of fused-ring (bicyclic) bond motifs is 1. The molecule has 0 radical (unpaired) electrons. The lowest BCUT2D eigenvalue weighted by Crippen LogP contribution is -2.16. The number of nitrogens with zero attached hydrogens (tertiary/aromatic N) is 2. The van der Waals surface area contributed by atoms with Crippen molar-refractivity contribution in [3.05, 3.63) is 138 Å². The quantitative estimate of drug-likeness (QED) is 0.180. The smallest absolute Gasteiger partial charge is 0.307 e. The first-order valence-corrected chi connectivity index (χ1v) is 12.5. The topological polar surface area (TPSA) is 59.5 Å². The first kappa shape index (κ1) is 23.5. The number of halogens is 1. The molecule has 0 unspecified atom stereocenters. The average Bonchev–Trinajstić information content (AvgIpc) is 3.57. The molecule has 0 spiro atoms. The van der Waals surface area contributed by atoms with Crippen LogP contribution in [0.25, 0.3) is 39.2 Å². The van der Waals surface area contributed by atoms with Crippen LogP contribution in [0, 0.1) is 0 Å². The molecule has 184 valence electrons. The molecule has 0 bridgehead atoms. The molecular weight excluding hydrogens is 494 g/mol. The molecule has 0 aliphatic rings. The van der Waals surface area contributed by atoms with Crippen LogP contribution in [0.1, 0.15) is 16.1 Å². The fraction of sp³-hybridized carbons (Fsp3) is 0. The molecule has 5 nitrogen and oxygen atoms in total. The second kappa shape index (κ2) is 10.2. The molecule has 2 heterocycles. The average molecular weight is 516 g/mol. The van der Waals surface area contributed by atoms with Crippen molar-refractivity contribution in [3.8, 4) is 28.2 Å². The van der Waals surface area contributed by atoms with Gasteiger partial charge in [-0.15, -0.1) is 0 Å². The predicted molar refractivity (Wildman–Crippen MR) is 153 cm³/mol. The Labute approximate surface area is 224 Å². The van der Waals surface area contributed by atoms with Crippen LogP contribution < -0.4 is 5.43 Å². The number of hydrogen-bond acceptors (Lipinski definition) is 3. The minimum Gasteiger partial charge on any atom is -0.451 e. The Bertz CT molecular complexity index is 1720. The van der Waals surface area contributed by atoms with Crippen LogP contribution in [0.15, 0.2) is 131 Å². The van der Waals surface area contributed by atoms with Crippen molar-refractivity contribution < 1.29 is 9.21 Å². The number of carbonyl (C=O) groups is 1. The third kappa shape index (κ3) is 4.63. The van der Waals surface area contributed by atoms with Crippen molar-refractivity contribution in [2.24, 2.45) is 5.10 Å². The van der Waals surface area contributed by atoms with Crippen molar-refractivity contribution in [2.45, 2.75) is 0 Å². The Balaban J connectivity index is 1.44. The highest BCUT2D eigenvalue weighted by atomic mass is 35.5. The van der Waals surface area contributed by atoms with Crippen LogP contribution in [-0.2, 0) is 0 Å². The van der Waals surface area contributed by atoms with E-state index in [4.69, 9.17) is 16.0 Å². The second-order valence-corrected chi connectivity index (χ2v) is 9.16. The van der Waals surface area contributed by atoms with E-state index >= 15 is 0 Å². The number of benzene rings is 4. The summed E-state index contributed by atoms with van der Waals surface area (Å²) >= 11 is 6.21. The third-order valence-corrected chi connectivity index (χ3v) is 6.50. The molecule has 0 aliphatic carbocycles. The summed E-state index contributed by atoms with van der Waals surface area (Å²) in [7, 11) is 0. The lowest BCUT2D eigenvalue weighted by atomic mass is 10.1. The monoisotopic (exact) mass is 515 g/mol. The zero-order chi connectivity index (χ0) is 25.9. The van der Waals surface area contributed by atoms with Crippen molar-refractivity contribution in [3.63, 3.8) is 0 Å². The van der Waals surface area contributed by atoms with Gasteiger partial charge < -0.3 is 8.98 Å². The van der Waals surface area contributed by atoms with Gasteiger partial charge in [-0.05, 0) is 53.6 Å². The van der Waals surface area contributed by atoms with E-state index in [2.05, 4.69) is 45.4 Å². The molecule has 2 aromatic heterocycles. The highest BCUT2D eigenvalue weighted by Crippen LogP contribution is 2.35. The van der Waals surface area contributed by atoms with Crippen LogP contribution in [0.2, 0.25) is 5.02 Å². The maximum Gasteiger partial charge on any atom is 0.307 e. The third-order valence-electron chi connectivity index (χ3n) is 6.25. The van der Waals surface area contributed by atoms with E-state index in [1.807, 2.05) is 84.9 Å². The molecule has 38 heavy (non-hydrogen) atoms. The normalized spacial score (nSPS) is 11.3. The van der Waals surface area contributed by atoms with Crippen LogP contribution in [-0.4, -0.2) is 16.7 Å². The zero-order valence-electron chi connectivity index (χ0n) is 20.2. The number of hydrogen-bond donors (Lipinski definition) is 1. The molecule has 6 rings (SSSR count). The van der Waals surface area contributed by atoms with Crippen molar-refractivity contribution >= 4 is 34.7 Å². The van der Waals surface area contributed by atoms with E-state index in [-0.39, 0.29) is 5.76 Å². The summed E-state index contributed by atoms with van der Waals surface area (Å²) in [6.07, 6.45) is 1.67. The minimum atomic E-state index is -0.417. The Morgan fingerprint density at radius 3 is 2.16 bits per heavy atom. The highest BCUT2D eigenvalue weighted by Gasteiger charge is 2.19. The Morgan fingerprint density at radius 1 is 0.789 bits per heavy atom. The molecule has 0 saturated heterocycles.